The molecule has 8 aliphatic carbocycles. The highest BCUT2D eigenvalue weighted by molar-refractivity contribution is 6.06. The minimum atomic E-state index is -0.211. The second-order valence-corrected chi connectivity index (χ2v) is 18.8. The van der Waals surface area contributed by atoms with Crippen LogP contribution in [0.4, 0.5) is 0 Å². The number of amides is 4. The molecule has 0 radical (unpaired) electrons. The lowest BCUT2D eigenvalue weighted by Gasteiger charge is -2.62. The average Bonchev–Trinajstić information content (AvgIpc) is 3.47. The Labute approximate surface area is 293 Å². The first-order chi connectivity index (χ1) is 23.7. The van der Waals surface area contributed by atoms with Crippen molar-refractivity contribution in [2.75, 3.05) is 7.05 Å². The van der Waals surface area contributed by atoms with Crippen LogP contribution in [0.3, 0.4) is 0 Å². The Hall–Kier alpha value is -1.80. The maximum atomic E-state index is 13.9. The van der Waals surface area contributed by atoms with Crippen LogP contribution in [0, 0.1) is 58.7 Å². The Balaban J connectivity index is 0.894. The van der Waals surface area contributed by atoms with E-state index in [1.54, 1.807) is 11.9 Å². The Morgan fingerprint density at radius 1 is 0.592 bits per heavy atom. The fourth-order valence-corrected chi connectivity index (χ4v) is 14.1. The molecule has 10 rings (SSSR count). The summed E-state index contributed by atoms with van der Waals surface area (Å²) in [6.07, 6.45) is 21.8. The molecule has 8 heteroatoms. The van der Waals surface area contributed by atoms with Crippen molar-refractivity contribution < 1.29 is 28.7 Å². The van der Waals surface area contributed by atoms with Gasteiger partial charge in [-0.25, -0.2) is 0 Å². The van der Waals surface area contributed by atoms with Gasteiger partial charge in [-0.05, 0) is 144 Å². The van der Waals surface area contributed by atoms with Crippen molar-refractivity contribution >= 4 is 23.6 Å². The van der Waals surface area contributed by atoms with Crippen molar-refractivity contribution in [2.24, 2.45) is 58.7 Å². The fraction of sp³-hybridized carbons (Fsp3) is 0.902. The molecule has 4 bridgehead atoms. The van der Waals surface area contributed by atoms with Gasteiger partial charge in [0.1, 0.15) is 0 Å². The van der Waals surface area contributed by atoms with Gasteiger partial charge in [-0.1, -0.05) is 26.2 Å². The first-order valence-electron chi connectivity index (χ1n) is 20.7. The zero-order chi connectivity index (χ0) is 33.6. The van der Waals surface area contributed by atoms with Crippen LogP contribution in [0.2, 0.25) is 0 Å². The molecule has 49 heavy (non-hydrogen) atoms. The fourth-order valence-electron chi connectivity index (χ4n) is 14.1. The Kier molecular flexibility index (Phi) is 8.57. The minimum Gasteiger partial charge on any atom is -0.375 e. The highest BCUT2D eigenvalue weighted by atomic mass is 16.5. The number of ether oxygens (including phenoxy) is 2. The molecule has 270 valence electrons. The zero-order valence-electron chi connectivity index (χ0n) is 30.1. The summed E-state index contributed by atoms with van der Waals surface area (Å²) in [4.78, 5) is 56.2. The lowest BCUT2D eigenvalue weighted by atomic mass is 9.45. The van der Waals surface area contributed by atoms with Gasteiger partial charge in [-0.3, -0.25) is 29.0 Å². The highest BCUT2D eigenvalue weighted by Gasteiger charge is 2.58. The number of nitrogens with zero attached hydrogens (tertiary/aromatic N) is 2. The molecule has 2 aliphatic heterocycles. The maximum Gasteiger partial charge on any atom is 0.233 e. The van der Waals surface area contributed by atoms with Gasteiger partial charge in [0.2, 0.25) is 23.6 Å². The van der Waals surface area contributed by atoms with E-state index in [0.29, 0.717) is 30.1 Å². The van der Waals surface area contributed by atoms with Crippen molar-refractivity contribution in [1.82, 2.24) is 9.80 Å². The summed E-state index contributed by atoms with van der Waals surface area (Å²) in [5.41, 5.74) is 0.333. The summed E-state index contributed by atoms with van der Waals surface area (Å²) in [5.74, 6) is 3.16. The molecule has 8 saturated carbocycles. The predicted molar refractivity (Wildman–Crippen MR) is 183 cm³/mol. The van der Waals surface area contributed by atoms with E-state index in [1.807, 2.05) is 0 Å². The Bertz CT molecular complexity index is 1310. The van der Waals surface area contributed by atoms with E-state index in [-0.39, 0.29) is 77.8 Å². The SMILES string of the molecule is CCC1CCCC(N2C(=O)C3CCC(OC4CCC(OC5CCC6C(=O)N(C)C(=O)C6C5)CC4C45CC6CC(CC(C6)C4)C5)CC3C2=O)C1. The van der Waals surface area contributed by atoms with Crippen LogP contribution in [0.15, 0.2) is 0 Å². The smallest absolute Gasteiger partial charge is 0.233 e. The molecule has 0 aromatic heterocycles. The molecule has 0 spiro atoms. The van der Waals surface area contributed by atoms with E-state index >= 15 is 0 Å². The molecule has 2 saturated heterocycles. The number of imide groups is 2. The maximum absolute atomic E-state index is 13.9. The highest BCUT2D eigenvalue weighted by Crippen LogP contribution is 2.65. The molecular formula is C41H60N2O6. The number of rotatable bonds is 7. The molecule has 10 aliphatic rings. The summed E-state index contributed by atoms with van der Waals surface area (Å²) in [6.45, 7) is 2.24. The van der Waals surface area contributed by atoms with Gasteiger partial charge in [0.15, 0.2) is 0 Å². The summed E-state index contributed by atoms with van der Waals surface area (Å²) in [5, 5.41) is 0. The third-order valence-corrected chi connectivity index (χ3v) is 16.1. The van der Waals surface area contributed by atoms with Gasteiger partial charge in [0.25, 0.3) is 0 Å². The topological polar surface area (TPSA) is 93.2 Å². The summed E-state index contributed by atoms with van der Waals surface area (Å²) in [7, 11) is 1.64. The van der Waals surface area contributed by atoms with E-state index in [1.165, 1.54) is 49.8 Å². The molecular weight excluding hydrogens is 616 g/mol. The Morgan fingerprint density at radius 2 is 1.14 bits per heavy atom. The quantitative estimate of drug-likeness (QED) is 0.280. The molecule has 2 heterocycles. The van der Waals surface area contributed by atoms with Crippen molar-refractivity contribution in [3.63, 3.8) is 0 Å². The Morgan fingerprint density at radius 3 is 1.82 bits per heavy atom. The average molecular weight is 677 g/mol. The summed E-state index contributed by atoms with van der Waals surface area (Å²) < 4.78 is 14.2. The number of carbonyl (C=O) groups excluding carboxylic acids is 4. The number of likely N-dealkylation sites (tertiary alicyclic amines) is 2. The van der Waals surface area contributed by atoms with E-state index in [0.717, 1.165) is 88.4 Å². The zero-order valence-corrected chi connectivity index (χ0v) is 30.1. The van der Waals surface area contributed by atoms with Crippen LogP contribution in [0.25, 0.3) is 0 Å². The molecule has 10 fully saturated rings. The van der Waals surface area contributed by atoms with Crippen molar-refractivity contribution in [2.45, 2.75) is 166 Å². The number of hydrogen-bond acceptors (Lipinski definition) is 6. The van der Waals surface area contributed by atoms with E-state index in [9.17, 15) is 19.2 Å². The third kappa shape index (κ3) is 5.67. The molecule has 0 aromatic rings. The molecule has 0 aromatic carbocycles. The third-order valence-electron chi connectivity index (χ3n) is 16.1. The van der Waals surface area contributed by atoms with Crippen molar-refractivity contribution in [3.8, 4) is 0 Å². The first-order valence-corrected chi connectivity index (χ1v) is 20.7. The lowest BCUT2D eigenvalue weighted by Crippen LogP contribution is -2.55. The van der Waals surface area contributed by atoms with E-state index in [2.05, 4.69) is 6.92 Å². The monoisotopic (exact) mass is 676 g/mol. The van der Waals surface area contributed by atoms with Crippen LogP contribution in [0.1, 0.15) is 135 Å². The van der Waals surface area contributed by atoms with Gasteiger partial charge in [0, 0.05) is 13.1 Å². The van der Waals surface area contributed by atoms with Gasteiger partial charge in [0.05, 0.1) is 48.1 Å². The largest absolute Gasteiger partial charge is 0.375 e. The molecule has 4 amide bonds. The van der Waals surface area contributed by atoms with Crippen LogP contribution in [-0.4, -0.2) is 70.9 Å². The van der Waals surface area contributed by atoms with Crippen LogP contribution < -0.4 is 0 Å². The summed E-state index contributed by atoms with van der Waals surface area (Å²) in [6, 6.07) is 0.0997. The molecule has 11 unspecified atom stereocenters. The van der Waals surface area contributed by atoms with Crippen LogP contribution in [0.5, 0.6) is 0 Å². The van der Waals surface area contributed by atoms with Gasteiger partial charge in [-0.2, -0.15) is 0 Å². The normalized spacial score (nSPS) is 49.5. The predicted octanol–water partition coefficient (Wildman–Crippen LogP) is 6.68. The number of hydrogen-bond donors (Lipinski definition) is 0. The van der Waals surface area contributed by atoms with Crippen molar-refractivity contribution in [3.05, 3.63) is 0 Å². The molecule has 0 N–H and O–H groups in total. The number of carbonyl (C=O) groups is 4. The summed E-state index contributed by atoms with van der Waals surface area (Å²) >= 11 is 0. The minimum absolute atomic E-state index is 0.00230. The molecule has 8 nitrogen and oxygen atoms in total. The van der Waals surface area contributed by atoms with Gasteiger partial charge < -0.3 is 9.47 Å². The standard InChI is InChI=1S/C41H60N2O6/c1-3-23-5-4-6-27(16-23)43-39(46)32-11-8-29(18-34(32)40(43)47)49-36-12-9-30(48-28-7-10-31-33(17-28)38(45)42(2)37(31)44)19-35(36)41-20-24-13-25(21-41)15-26(14-24)22-41/h23-36H,3-22H2,1-2H3. The van der Waals surface area contributed by atoms with Crippen LogP contribution in [-0.2, 0) is 28.7 Å². The second-order valence-electron chi connectivity index (χ2n) is 18.8. The lowest BCUT2D eigenvalue weighted by molar-refractivity contribution is -0.185. The van der Waals surface area contributed by atoms with Gasteiger partial charge in [-0.15, -0.1) is 0 Å². The van der Waals surface area contributed by atoms with Crippen molar-refractivity contribution in [1.29, 1.82) is 0 Å². The van der Waals surface area contributed by atoms with Gasteiger partial charge >= 0.3 is 0 Å². The van der Waals surface area contributed by atoms with E-state index in [4.69, 9.17) is 9.47 Å². The first kappa shape index (κ1) is 33.1. The van der Waals surface area contributed by atoms with Crippen LogP contribution >= 0.6 is 0 Å². The van der Waals surface area contributed by atoms with E-state index < -0.39 is 0 Å². The second kappa shape index (κ2) is 12.7. The molecule has 11 atom stereocenters. The number of fused-ring (bicyclic) bond motifs is 2.